The molecule has 7 heteroatoms. The SMILES string of the molecule is C=Nc1ccccc1Oc1ccc(Cl)cc1.CC=NCCN(CC)CC(=O)O. The number of aliphatic carboxylic acids is 1. The van der Waals surface area contributed by atoms with Crippen molar-refractivity contribution in [2.45, 2.75) is 13.8 Å². The minimum Gasteiger partial charge on any atom is -0.480 e. The van der Waals surface area contributed by atoms with Gasteiger partial charge in [0.1, 0.15) is 11.4 Å². The van der Waals surface area contributed by atoms with Gasteiger partial charge in [-0.1, -0.05) is 30.7 Å². The smallest absolute Gasteiger partial charge is 0.317 e. The van der Waals surface area contributed by atoms with E-state index in [2.05, 4.69) is 16.7 Å². The van der Waals surface area contributed by atoms with Crippen LogP contribution in [0.2, 0.25) is 5.02 Å². The fourth-order valence-electron chi connectivity index (χ4n) is 2.17. The van der Waals surface area contributed by atoms with E-state index in [4.69, 9.17) is 21.4 Å². The number of ether oxygens (including phenoxy) is 1. The zero-order valence-electron chi connectivity index (χ0n) is 16.2. The maximum Gasteiger partial charge on any atom is 0.317 e. The van der Waals surface area contributed by atoms with Crippen molar-refractivity contribution in [3.8, 4) is 11.5 Å². The van der Waals surface area contributed by atoms with Gasteiger partial charge >= 0.3 is 5.97 Å². The average Bonchev–Trinajstić information content (AvgIpc) is 2.69. The fraction of sp³-hybridized carbons (Fsp3) is 0.286. The molecule has 0 atom stereocenters. The monoisotopic (exact) mass is 403 g/mol. The lowest BCUT2D eigenvalue weighted by Gasteiger charge is -2.15. The van der Waals surface area contributed by atoms with E-state index in [0.717, 1.165) is 18.0 Å². The molecule has 0 unspecified atom stereocenters. The lowest BCUT2D eigenvalue weighted by Crippen LogP contribution is -2.31. The van der Waals surface area contributed by atoms with E-state index in [1.54, 1.807) is 18.3 Å². The Morgan fingerprint density at radius 3 is 2.50 bits per heavy atom. The number of aliphatic imine (C=N–C) groups is 2. The van der Waals surface area contributed by atoms with Crippen LogP contribution >= 0.6 is 11.6 Å². The van der Waals surface area contributed by atoms with E-state index < -0.39 is 5.97 Å². The molecule has 0 aliphatic heterocycles. The van der Waals surface area contributed by atoms with E-state index in [1.165, 1.54) is 0 Å². The Kier molecular flexibility index (Phi) is 11.2. The van der Waals surface area contributed by atoms with Crippen molar-refractivity contribution in [3.63, 3.8) is 0 Å². The van der Waals surface area contributed by atoms with Gasteiger partial charge < -0.3 is 9.84 Å². The van der Waals surface area contributed by atoms with Gasteiger partial charge in [-0.25, -0.2) is 0 Å². The van der Waals surface area contributed by atoms with Crippen LogP contribution < -0.4 is 4.74 Å². The van der Waals surface area contributed by atoms with Gasteiger partial charge in [-0.3, -0.25) is 19.7 Å². The molecule has 2 aromatic carbocycles. The Hall–Kier alpha value is -2.70. The van der Waals surface area contributed by atoms with Crippen LogP contribution in [0.15, 0.2) is 58.5 Å². The number of hydrogen-bond donors (Lipinski definition) is 1. The number of rotatable bonds is 9. The summed E-state index contributed by atoms with van der Waals surface area (Å²) in [4.78, 5) is 20.1. The molecule has 2 rings (SSSR count). The van der Waals surface area contributed by atoms with Crippen LogP contribution in [0.1, 0.15) is 13.8 Å². The Balaban J connectivity index is 0.000000295. The van der Waals surface area contributed by atoms with Gasteiger partial charge in [0.15, 0.2) is 5.75 Å². The number of carbonyl (C=O) groups is 1. The molecule has 2 aromatic rings. The number of likely N-dealkylation sites (N-methyl/N-ethyl adjacent to an activating group) is 1. The average molecular weight is 404 g/mol. The van der Waals surface area contributed by atoms with Crippen molar-refractivity contribution in [1.82, 2.24) is 4.90 Å². The number of hydrogen-bond acceptors (Lipinski definition) is 5. The highest BCUT2D eigenvalue weighted by atomic mass is 35.5. The van der Waals surface area contributed by atoms with Gasteiger partial charge in [0, 0.05) is 11.6 Å². The molecule has 0 aromatic heterocycles. The molecular weight excluding hydrogens is 378 g/mol. The molecule has 0 heterocycles. The van der Waals surface area contributed by atoms with Gasteiger partial charge in [-0.05, 0) is 62.8 Å². The van der Waals surface area contributed by atoms with Crippen molar-refractivity contribution in [2.24, 2.45) is 9.98 Å². The maximum atomic E-state index is 10.3. The van der Waals surface area contributed by atoms with E-state index in [9.17, 15) is 4.79 Å². The molecule has 28 heavy (non-hydrogen) atoms. The zero-order chi connectivity index (χ0) is 20.8. The van der Waals surface area contributed by atoms with E-state index >= 15 is 0 Å². The van der Waals surface area contributed by atoms with Crippen LogP contribution in [-0.4, -0.2) is 55.1 Å². The topological polar surface area (TPSA) is 74.5 Å². The summed E-state index contributed by atoms with van der Waals surface area (Å²) in [5.41, 5.74) is 0.720. The molecule has 0 saturated carbocycles. The molecule has 0 aliphatic rings. The fourth-order valence-corrected chi connectivity index (χ4v) is 2.30. The second-order valence-electron chi connectivity index (χ2n) is 5.61. The highest BCUT2D eigenvalue weighted by Gasteiger charge is 2.05. The number of carboxylic acid groups (broad SMARTS) is 1. The van der Waals surface area contributed by atoms with Crippen LogP contribution in [0.25, 0.3) is 0 Å². The van der Waals surface area contributed by atoms with Crippen molar-refractivity contribution in [2.75, 3.05) is 26.2 Å². The molecule has 150 valence electrons. The Morgan fingerprint density at radius 1 is 1.25 bits per heavy atom. The number of benzene rings is 2. The highest BCUT2D eigenvalue weighted by molar-refractivity contribution is 6.30. The molecule has 0 spiro atoms. The number of para-hydroxylation sites is 2. The van der Waals surface area contributed by atoms with Crippen molar-refractivity contribution >= 4 is 36.2 Å². The summed E-state index contributed by atoms with van der Waals surface area (Å²) in [5.74, 6) is 0.623. The second kappa shape index (κ2) is 13.5. The van der Waals surface area contributed by atoms with E-state index in [1.807, 2.05) is 55.1 Å². The number of halogens is 1. The summed E-state index contributed by atoms with van der Waals surface area (Å²) >= 11 is 5.79. The number of carboxylic acids is 1. The third kappa shape index (κ3) is 9.30. The molecule has 6 nitrogen and oxygen atoms in total. The van der Waals surface area contributed by atoms with E-state index in [0.29, 0.717) is 23.9 Å². The minimum atomic E-state index is -0.780. The highest BCUT2D eigenvalue weighted by Crippen LogP contribution is 2.31. The second-order valence-corrected chi connectivity index (χ2v) is 6.05. The summed E-state index contributed by atoms with van der Waals surface area (Å²) in [6, 6.07) is 14.6. The first-order valence-electron chi connectivity index (χ1n) is 8.87. The summed E-state index contributed by atoms with van der Waals surface area (Å²) in [6.45, 7) is 9.55. The standard InChI is InChI=1S/C13H10ClNO.C8H16N2O2/c1-15-12-4-2-3-5-13(12)16-11-8-6-10(14)7-9-11;1-3-9-5-6-10(4-2)7-8(11)12/h2-9H,1H2;3H,4-7H2,1-2H3,(H,11,12). The molecule has 0 radical (unpaired) electrons. The predicted octanol–water partition coefficient (Wildman–Crippen LogP) is 4.95. The lowest BCUT2D eigenvalue weighted by atomic mass is 10.3. The van der Waals surface area contributed by atoms with Gasteiger partial charge in [0.25, 0.3) is 0 Å². The summed E-state index contributed by atoms with van der Waals surface area (Å²) in [5, 5.41) is 9.17. The van der Waals surface area contributed by atoms with Gasteiger partial charge in [0.05, 0.1) is 13.1 Å². The Labute approximate surface area is 171 Å². The molecular formula is C21H26ClN3O3. The first kappa shape index (κ1) is 23.3. The van der Waals surface area contributed by atoms with E-state index in [-0.39, 0.29) is 6.54 Å². The summed E-state index contributed by atoms with van der Waals surface area (Å²) in [6.07, 6.45) is 1.73. The largest absolute Gasteiger partial charge is 0.480 e. The van der Waals surface area contributed by atoms with Gasteiger partial charge in [-0.15, -0.1) is 0 Å². The summed E-state index contributed by atoms with van der Waals surface area (Å²) < 4.78 is 5.66. The van der Waals surface area contributed by atoms with Gasteiger partial charge in [0.2, 0.25) is 0 Å². The normalized spacial score (nSPS) is 10.4. The van der Waals surface area contributed by atoms with Crippen LogP contribution in [-0.2, 0) is 4.79 Å². The maximum absolute atomic E-state index is 10.3. The van der Waals surface area contributed by atoms with Gasteiger partial charge in [-0.2, -0.15) is 0 Å². The van der Waals surface area contributed by atoms with Crippen LogP contribution in [0.5, 0.6) is 11.5 Å². The molecule has 0 aliphatic carbocycles. The lowest BCUT2D eigenvalue weighted by molar-refractivity contribution is -0.138. The summed E-state index contributed by atoms with van der Waals surface area (Å²) in [7, 11) is 0. The predicted molar refractivity (Wildman–Crippen MR) is 116 cm³/mol. The molecule has 0 bridgehead atoms. The van der Waals surface area contributed by atoms with Crippen molar-refractivity contribution in [1.29, 1.82) is 0 Å². The quantitative estimate of drug-likeness (QED) is 0.601. The van der Waals surface area contributed by atoms with Crippen LogP contribution in [0.4, 0.5) is 5.69 Å². The van der Waals surface area contributed by atoms with Crippen molar-refractivity contribution < 1.29 is 14.6 Å². The number of nitrogens with zero attached hydrogens (tertiary/aromatic N) is 3. The van der Waals surface area contributed by atoms with Crippen molar-refractivity contribution in [3.05, 3.63) is 53.6 Å². The zero-order valence-corrected chi connectivity index (χ0v) is 17.0. The molecule has 1 N–H and O–H groups in total. The third-order valence-corrected chi connectivity index (χ3v) is 3.86. The molecule has 0 saturated heterocycles. The third-order valence-electron chi connectivity index (χ3n) is 3.61. The van der Waals surface area contributed by atoms with Crippen LogP contribution in [0.3, 0.4) is 0 Å². The Bertz CT molecular complexity index is 764. The minimum absolute atomic E-state index is 0.107. The Morgan fingerprint density at radius 2 is 1.93 bits per heavy atom. The molecule has 0 fully saturated rings. The first-order valence-corrected chi connectivity index (χ1v) is 9.25. The molecule has 0 amide bonds. The first-order chi connectivity index (χ1) is 13.5. The van der Waals surface area contributed by atoms with Crippen LogP contribution in [0, 0.1) is 0 Å².